The highest BCUT2D eigenvalue weighted by molar-refractivity contribution is 5.77. The molecule has 19 heavy (non-hydrogen) atoms. The summed E-state index contributed by atoms with van der Waals surface area (Å²) in [7, 11) is 0. The van der Waals surface area contributed by atoms with Crippen LogP contribution in [0.4, 0.5) is 10.3 Å². The van der Waals surface area contributed by atoms with Gasteiger partial charge in [-0.15, -0.1) is 0 Å². The topological polar surface area (TPSA) is 44.0 Å². The van der Waals surface area contributed by atoms with Gasteiger partial charge in [0.25, 0.3) is 0 Å². The minimum Gasteiger partial charge on any atom is -0.352 e. The Bertz CT molecular complexity index is 560. The standard InChI is InChI=1S/C14H19FN4/c1-10(9-19-6-2-3-7-19)16-14-17-12-5-4-11(15)8-13(12)18-14/h4-5,8,10H,2-3,6-7,9H2,1H3,(H2,16,17,18). The Hall–Kier alpha value is -1.62. The number of imidazole rings is 1. The first-order valence-electron chi connectivity index (χ1n) is 6.85. The zero-order valence-electron chi connectivity index (χ0n) is 11.1. The molecule has 0 saturated carbocycles. The molecule has 1 unspecified atom stereocenters. The van der Waals surface area contributed by atoms with Gasteiger partial charge in [0.1, 0.15) is 5.82 Å². The molecule has 0 aliphatic carbocycles. The van der Waals surface area contributed by atoms with Crippen molar-refractivity contribution < 1.29 is 4.39 Å². The quantitative estimate of drug-likeness (QED) is 0.890. The molecule has 3 rings (SSSR count). The van der Waals surface area contributed by atoms with Crippen LogP contribution >= 0.6 is 0 Å². The normalized spacial score (nSPS) is 18.0. The molecule has 1 fully saturated rings. The van der Waals surface area contributed by atoms with Gasteiger partial charge in [-0.2, -0.15) is 0 Å². The van der Waals surface area contributed by atoms with Gasteiger partial charge < -0.3 is 15.2 Å². The van der Waals surface area contributed by atoms with Gasteiger partial charge in [0.15, 0.2) is 0 Å². The minimum atomic E-state index is -0.243. The summed E-state index contributed by atoms with van der Waals surface area (Å²) < 4.78 is 13.1. The van der Waals surface area contributed by atoms with Crippen LogP contribution in [0.5, 0.6) is 0 Å². The molecule has 2 N–H and O–H groups in total. The molecule has 2 heterocycles. The van der Waals surface area contributed by atoms with Crippen molar-refractivity contribution in [1.82, 2.24) is 14.9 Å². The Balaban J connectivity index is 1.66. The number of benzene rings is 1. The second kappa shape index (κ2) is 5.17. The van der Waals surface area contributed by atoms with Crippen LogP contribution in [0.2, 0.25) is 0 Å². The molecule has 1 aromatic heterocycles. The summed E-state index contributed by atoms with van der Waals surface area (Å²) in [6, 6.07) is 4.92. The number of nitrogens with one attached hydrogen (secondary N) is 2. The smallest absolute Gasteiger partial charge is 0.201 e. The van der Waals surface area contributed by atoms with Gasteiger partial charge in [-0.1, -0.05) is 0 Å². The zero-order chi connectivity index (χ0) is 13.2. The van der Waals surface area contributed by atoms with Crippen LogP contribution in [0.1, 0.15) is 19.8 Å². The van der Waals surface area contributed by atoms with E-state index in [1.165, 1.54) is 38.1 Å². The van der Waals surface area contributed by atoms with Crippen molar-refractivity contribution >= 4 is 17.0 Å². The number of aromatic nitrogens is 2. The highest BCUT2D eigenvalue weighted by Crippen LogP contribution is 2.16. The van der Waals surface area contributed by atoms with Crippen LogP contribution in [0.3, 0.4) is 0 Å². The Morgan fingerprint density at radius 1 is 1.42 bits per heavy atom. The highest BCUT2D eigenvalue weighted by Gasteiger charge is 2.15. The molecule has 102 valence electrons. The number of nitrogens with zero attached hydrogens (tertiary/aromatic N) is 2. The summed E-state index contributed by atoms with van der Waals surface area (Å²) in [6.07, 6.45) is 2.60. The van der Waals surface area contributed by atoms with Crippen LogP contribution in [-0.2, 0) is 0 Å². The lowest BCUT2D eigenvalue weighted by Crippen LogP contribution is -2.33. The van der Waals surface area contributed by atoms with Crippen LogP contribution in [-0.4, -0.2) is 40.5 Å². The van der Waals surface area contributed by atoms with Gasteiger partial charge in [-0.25, -0.2) is 9.37 Å². The molecule has 1 aliphatic heterocycles. The van der Waals surface area contributed by atoms with Crippen molar-refractivity contribution in [3.05, 3.63) is 24.0 Å². The van der Waals surface area contributed by atoms with Crippen molar-refractivity contribution in [2.45, 2.75) is 25.8 Å². The van der Waals surface area contributed by atoms with E-state index in [-0.39, 0.29) is 5.82 Å². The third kappa shape index (κ3) is 2.87. The van der Waals surface area contributed by atoms with Gasteiger partial charge in [0.05, 0.1) is 11.0 Å². The second-order valence-corrected chi connectivity index (χ2v) is 5.30. The third-order valence-corrected chi connectivity index (χ3v) is 3.56. The average molecular weight is 262 g/mol. The Labute approximate surface area is 112 Å². The molecule has 1 aromatic carbocycles. The maximum atomic E-state index is 13.1. The molecule has 0 amide bonds. The maximum absolute atomic E-state index is 13.1. The van der Waals surface area contributed by atoms with E-state index in [9.17, 15) is 4.39 Å². The molecule has 1 atom stereocenters. The van der Waals surface area contributed by atoms with E-state index in [0.717, 1.165) is 17.6 Å². The average Bonchev–Trinajstić information content (AvgIpc) is 2.97. The second-order valence-electron chi connectivity index (χ2n) is 5.30. The molecule has 0 bridgehead atoms. The lowest BCUT2D eigenvalue weighted by Gasteiger charge is -2.20. The van der Waals surface area contributed by atoms with Crippen molar-refractivity contribution in [3.63, 3.8) is 0 Å². The summed E-state index contributed by atoms with van der Waals surface area (Å²) in [6.45, 7) is 5.55. The van der Waals surface area contributed by atoms with Crippen molar-refractivity contribution in [2.75, 3.05) is 25.0 Å². The summed E-state index contributed by atoms with van der Waals surface area (Å²) in [5.74, 6) is 0.472. The number of fused-ring (bicyclic) bond motifs is 1. The fourth-order valence-electron chi connectivity index (χ4n) is 2.68. The molecule has 0 spiro atoms. The fraction of sp³-hybridized carbons (Fsp3) is 0.500. The summed E-state index contributed by atoms with van der Waals surface area (Å²) in [4.78, 5) is 9.99. The van der Waals surface area contributed by atoms with Crippen molar-refractivity contribution in [3.8, 4) is 0 Å². The molecule has 5 heteroatoms. The Kier molecular flexibility index (Phi) is 3.38. The minimum absolute atomic E-state index is 0.243. The molecular weight excluding hydrogens is 243 g/mol. The van der Waals surface area contributed by atoms with E-state index >= 15 is 0 Å². The molecule has 2 aromatic rings. The van der Waals surface area contributed by atoms with Crippen LogP contribution in [0, 0.1) is 5.82 Å². The molecular formula is C14H19FN4. The lowest BCUT2D eigenvalue weighted by molar-refractivity contribution is 0.327. The number of hydrogen-bond donors (Lipinski definition) is 2. The largest absolute Gasteiger partial charge is 0.352 e. The van der Waals surface area contributed by atoms with E-state index in [1.807, 2.05) is 0 Å². The molecule has 1 saturated heterocycles. The fourth-order valence-corrected chi connectivity index (χ4v) is 2.68. The van der Waals surface area contributed by atoms with Crippen molar-refractivity contribution in [2.24, 2.45) is 0 Å². The monoisotopic (exact) mass is 262 g/mol. The van der Waals surface area contributed by atoms with Gasteiger partial charge >= 0.3 is 0 Å². The summed E-state index contributed by atoms with van der Waals surface area (Å²) in [5, 5.41) is 3.35. The predicted molar refractivity (Wildman–Crippen MR) is 74.8 cm³/mol. The number of hydrogen-bond acceptors (Lipinski definition) is 3. The van der Waals surface area contributed by atoms with E-state index in [2.05, 4.69) is 27.1 Å². The maximum Gasteiger partial charge on any atom is 0.201 e. The molecule has 4 nitrogen and oxygen atoms in total. The van der Waals surface area contributed by atoms with Gasteiger partial charge in [-0.3, -0.25) is 0 Å². The SMILES string of the molecule is CC(CN1CCCC1)Nc1nc2ccc(F)cc2[nH]1. The van der Waals surface area contributed by atoms with Crippen LogP contribution in [0.15, 0.2) is 18.2 Å². The van der Waals surface area contributed by atoms with Crippen molar-refractivity contribution in [1.29, 1.82) is 0 Å². The summed E-state index contributed by atoms with van der Waals surface area (Å²) in [5.41, 5.74) is 1.52. The van der Waals surface area contributed by atoms with E-state index in [0.29, 0.717) is 12.0 Å². The first kappa shape index (κ1) is 12.4. The van der Waals surface area contributed by atoms with Gasteiger partial charge in [0.2, 0.25) is 5.95 Å². The number of rotatable bonds is 4. The predicted octanol–water partition coefficient (Wildman–Crippen LogP) is 2.60. The van der Waals surface area contributed by atoms with Crippen LogP contribution < -0.4 is 5.32 Å². The Morgan fingerprint density at radius 3 is 3.00 bits per heavy atom. The number of aromatic amines is 1. The number of halogens is 1. The third-order valence-electron chi connectivity index (χ3n) is 3.56. The number of anilines is 1. The van der Waals surface area contributed by atoms with E-state index in [4.69, 9.17) is 0 Å². The van der Waals surface area contributed by atoms with Crippen LogP contribution in [0.25, 0.3) is 11.0 Å². The van der Waals surface area contributed by atoms with Gasteiger partial charge in [-0.05, 0) is 51.1 Å². The first-order chi connectivity index (χ1) is 9.20. The van der Waals surface area contributed by atoms with E-state index in [1.54, 1.807) is 6.07 Å². The Morgan fingerprint density at radius 2 is 2.21 bits per heavy atom. The summed E-state index contributed by atoms with van der Waals surface area (Å²) >= 11 is 0. The number of likely N-dealkylation sites (tertiary alicyclic amines) is 1. The molecule has 0 radical (unpaired) electrons. The van der Waals surface area contributed by atoms with E-state index < -0.39 is 0 Å². The zero-order valence-corrected chi connectivity index (χ0v) is 11.1. The first-order valence-corrected chi connectivity index (χ1v) is 6.85. The highest BCUT2D eigenvalue weighted by atomic mass is 19.1. The molecule has 1 aliphatic rings. The van der Waals surface area contributed by atoms with Gasteiger partial charge in [0, 0.05) is 12.6 Å². The number of H-pyrrole nitrogens is 1. The lowest BCUT2D eigenvalue weighted by atomic mass is 10.3.